The average Bonchev–Trinajstić information content (AvgIpc) is 3.28. The minimum Gasteiger partial charge on any atom is -0.379 e. The monoisotopic (exact) mass is 276 g/mol. The molecule has 0 heterocycles. The molecule has 1 saturated carbocycles. The number of rotatable bonds is 8. The molecule has 1 amide bonds. The fourth-order valence-corrected chi connectivity index (χ4v) is 2.15. The van der Waals surface area contributed by atoms with E-state index >= 15 is 0 Å². The minimum atomic E-state index is 0.0454. The first-order valence-corrected chi connectivity index (χ1v) is 7.33. The molecule has 0 atom stereocenters. The molecule has 2 rings (SSSR count). The van der Waals surface area contributed by atoms with Gasteiger partial charge < -0.3 is 15.4 Å². The summed E-state index contributed by atoms with van der Waals surface area (Å²) < 4.78 is 5.58. The summed E-state index contributed by atoms with van der Waals surface area (Å²) in [6.45, 7) is 2.63. The predicted octanol–water partition coefficient (Wildman–Crippen LogP) is 1.69. The number of hydrogen-bond acceptors (Lipinski definition) is 3. The van der Waals surface area contributed by atoms with E-state index in [0.29, 0.717) is 19.7 Å². The second-order valence-corrected chi connectivity index (χ2v) is 5.44. The van der Waals surface area contributed by atoms with Crippen LogP contribution in [-0.4, -0.2) is 44.2 Å². The van der Waals surface area contributed by atoms with Crippen LogP contribution in [0.1, 0.15) is 28.8 Å². The molecule has 4 heteroatoms. The Hall–Kier alpha value is -1.39. The lowest BCUT2D eigenvalue weighted by Crippen LogP contribution is -2.31. The summed E-state index contributed by atoms with van der Waals surface area (Å²) in [5.74, 6) is 0.811. The van der Waals surface area contributed by atoms with Gasteiger partial charge in [-0.1, -0.05) is 18.2 Å². The van der Waals surface area contributed by atoms with Crippen molar-refractivity contribution in [2.45, 2.75) is 19.3 Å². The predicted molar refractivity (Wildman–Crippen MR) is 79.7 cm³/mol. The smallest absolute Gasteiger partial charge is 0.253 e. The second kappa shape index (κ2) is 7.41. The number of likely N-dealkylation sites (N-methyl/N-ethyl adjacent to an activating group) is 1. The molecule has 0 aromatic heterocycles. The van der Waals surface area contributed by atoms with Gasteiger partial charge in [-0.25, -0.2) is 0 Å². The Balaban J connectivity index is 1.84. The highest BCUT2D eigenvalue weighted by atomic mass is 16.5. The first-order valence-electron chi connectivity index (χ1n) is 7.33. The molecule has 1 aromatic carbocycles. The molecule has 0 bridgehead atoms. The summed E-state index contributed by atoms with van der Waals surface area (Å²) in [5, 5.41) is 0. The number of carbonyl (C=O) groups is 1. The number of ether oxygens (including phenoxy) is 1. The van der Waals surface area contributed by atoms with Gasteiger partial charge in [0.2, 0.25) is 0 Å². The Morgan fingerprint density at radius 3 is 2.85 bits per heavy atom. The molecular formula is C16H24N2O2. The maximum Gasteiger partial charge on any atom is 0.253 e. The molecule has 0 radical (unpaired) electrons. The van der Waals surface area contributed by atoms with Gasteiger partial charge in [0.05, 0.1) is 6.61 Å². The largest absolute Gasteiger partial charge is 0.379 e. The molecule has 1 aliphatic carbocycles. The number of amides is 1. The Labute approximate surface area is 120 Å². The summed E-state index contributed by atoms with van der Waals surface area (Å²) in [5.41, 5.74) is 7.36. The van der Waals surface area contributed by atoms with Crippen molar-refractivity contribution < 1.29 is 9.53 Å². The van der Waals surface area contributed by atoms with Crippen molar-refractivity contribution in [2.75, 3.05) is 33.4 Å². The van der Waals surface area contributed by atoms with Crippen molar-refractivity contribution in [2.24, 2.45) is 11.7 Å². The van der Waals surface area contributed by atoms with Crippen LogP contribution in [0.4, 0.5) is 0 Å². The minimum absolute atomic E-state index is 0.0454. The van der Waals surface area contributed by atoms with E-state index in [1.165, 1.54) is 12.8 Å². The lowest BCUT2D eigenvalue weighted by molar-refractivity contribution is 0.0680. The fourth-order valence-electron chi connectivity index (χ4n) is 2.15. The Kier molecular flexibility index (Phi) is 5.56. The van der Waals surface area contributed by atoms with Gasteiger partial charge in [-0.05, 0) is 43.4 Å². The topological polar surface area (TPSA) is 55.6 Å². The Bertz CT molecular complexity index is 444. The summed E-state index contributed by atoms with van der Waals surface area (Å²) in [7, 11) is 1.82. The van der Waals surface area contributed by atoms with Gasteiger partial charge in [0.1, 0.15) is 0 Å². The SMILES string of the molecule is CN(CCOCC1CC1)C(=O)c1ccccc1CCN. The molecule has 0 unspecified atom stereocenters. The van der Waals surface area contributed by atoms with E-state index in [-0.39, 0.29) is 5.91 Å². The number of benzene rings is 1. The second-order valence-electron chi connectivity index (χ2n) is 5.44. The van der Waals surface area contributed by atoms with Crippen LogP contribution in [0.3, 0.4) is 0 Å². The lowest BCUT2D eigenvalue weighted by Gasteiger charge is -2.19. The highest BCUT2D eigenvalue weighted by Crippen LogP contribution is 2.28. The zero-order valence-corrected chi connectivity index (χ0v) is 12.2. The van der Waals surface area contributed by atoms with Gasteiger partial charge >= 0.3 is 0 Å². The molecule has 20 heavy (non-hydrogen) atoms. The fraction of sp³-hybridized carbons (Fsp3) is 0.562. The van der Waals surface area contributed by atoms with E-state index in [2.05, 4.69) is 0 Å². The van der Waals surface area contributed by atoms with E-state index in [9.17, 15) is 4.79 Å². The zero-order valence-electron chi connectivity index (χ0n) is 12.2. The van der Waals surface area contributed by atoms with Crippen LogP contribution in [0.2, 0.25) is 0 Å². The van der Waals surface area contributed by atoms with E-state index in [1.54, 1.807) is 4.90 Å². The molecule has 1 aliphatic rings. The number of carbonyl (C=O) groups excluding carboxylic acids is 1. The van der Waals surface area contributed by atoms with Crippen LogP contribution in [0.25, 0.3) is 0 Å². The molecule has 4 nitrogen and oxygen atoms in total. The molecule has 1 fully saturated rings. The van der Waals surface area contributed by atoms with Gasteiger partial charge in [-0.3, -0.25) is 4.79 Å². The molecular weight excluding hydrogens is 252 g/mol. The van der Waals surface area contributed by atoms with Crippen molar-refractivity contribution >= 4 is 5.91 Å². The van der Waals surface area contributed by atoms with E-state index in [4.69, 9.17) is 10.5 Å². The highest BCUT2D eigenvalue weighted by molar-refractivity contribution is 5.95. The van der Waals surface area contributed by atoms with Gasteiger partial charge in [0.15, 0.2) is 0 Å². The molecule has 1 aromatic rings. The third-order valence-corrected chi connectivity index (χ3v) is 3.63. The van der Waals surface area contributed by atoms with Crippen molar-refractivity contribution in [3.63, 3.8) is 0 Å². The maximum atomic E-state index is 12.4. The van der Waals surface area contributed by atoms with Gasteiger partial charge in [-0.15, -0.1) is 0 Å². The van der Waals surface area contributed by atoms with E-state index < -0.39 is 0 Å². The van der Waals surface area contributed by atoms with Crippen LogP contribution >= 0.6 is 0 Å². The summed E-state index contributed by atoms with van der Waals surface area (Å²) in [6.07, 6.45) is 3.32. The standard InChI is InChI=1S/C16H24N2O2/c1-18(10-11-20-12-13-6-7-13)16(19)15-5-3-2-4-14(15)8-9-17/h2-5,13H,6-12,17H2,1H3. The number of nitrogens with zero attached hydrogens (tertiary/aromatic N) is 1. The highest BCUT2D eigenvalue weighted by Gasteiger charge is 2.21. The van der Waals surface area contributed by atoms with Crippen LogP contribution in [0.15, 0.2) is 24.3 Å². The normalized spacial score (nSPS) is 14.3. The van der Waals surface area contributed by atoms with Crippen LogP contribution in [0, 0.1) is 5.92 Å². The van der Waals surface area contributed by atoms with E-state index in [0.717, 1.165) is 30.1 Å². The quantitative estimate of drug-likeness (QED) is 0.735. The molecule has 110 valence electrons. The number of hydrogen-bond donors (Lipinski definition) is 1. The first-order chi connectivity index (χ1) is 9.72. The zero-order chi connectivity index (χ0) is 14.4. The third-order valence-electron chi connectivity index (χ3n) is 3.63. The average molecular weight is 276 g/mol. The van der Waals surface area contributed by atoms with Crippen molar-refractivity contribution in [3.05, 3.63) is 35.4 Å². The summed E-state index contributed by atoms with van der Waals surface area (Å²) >= 11 is 0. The van der Waals surface area contributed by atoms with Crippen molar-refractivity contribution in [1.29, 1.82) is 0 Å². The first kappa shape index (κ1) is 15.0. The Morgan fingerprint density at radius 2 is 2.15 bits per heavy atom. The maximum absolute atomic E-state index is 12.4. The van der Waals surface area contributed by atoms with Gasteiger partial charge in [-0.2, -0.15) is 0 Å². The molecule has 0 aliphatic heterocycles. The number of nitrogens with two attached hydrogens (primary N) is 1. The van der Waals surface area contributed by atoms with Gasteiger partial charge in [0, 0.05) is 25.8 Å². The lowest BCUT2D eigenvalue weighted by atomic mass is 10.0. The third kappa shape index (κ3) is 4.32. The van der Waals surface area contributed by atoms with Crippen molar-refractivity contribution in [1.82, 2.24) is 4.90 Å². The molecule has 0 spiro atoms. The molecule has 2 N–H and O–H groups in total. The Morgan fingerprint density at radius 1 is 1.40 bits per heavy atom. The van der Waals surface area contributed by atoms with E-state index in [1.807, 2.05) is 31.3 Å². The van der Waals surface area contributed by atoms with Crippen LogP contribution in [0.5, 0.6) is 0 Å². The summed E-state index contributed by atoms with van der Waals surface area (Å²) in [4.78, 5) is 14.1. The van der Waals surface area contributed by atoms with Crippen LogP contribution < -0.4 is 5.73 Å². The van der Waals surface area contributed by atoms with Gasteiger partial charge in [0.25, 0.3) is 5.91 Å². The molecule has 0 saturated heterocycles. The van der Waals surface area contributed by atoms with Crippen molar-refractivity contribution in [3.8, 4) is 0 Å². The summed E-state index contributed by atoms with van der Waals surface area (Å²) in [6, 6.07) is 7.68. The van der Waals surface area contributed by atoms with Crippen LogP contribution in [-0.2, 0) is 11.2 Å².